The molecule has 1 N–H and O–H groups in total. The van der Waals surface area contributed by atoms with Crippen molar-refractivity contribution >= 4 is 17.7 Å². The number of rotatable bonds is 4. The SMILES string of the molecule is O=C(O)c1ccc(CN(C(=O)N2CCC2)c2ccccc2)cc1. The average molecular weight is 310 g/mol. The number of carbonyl (C=O) groups excluding carboxylic acids is 1. The van der Waals surface area contributed by atoms with Gasteiger partial charge in [0, 0.05) is 18.8 Å². The van der Waals surface area contributed by atoms with E-state index in [1.807, 2.05) is 35.2 Å². The second kappa shape index (κ2) is 6.52. The lowest BCUT2D eigenvalue weighted by atomic mass is 10.1. The van der Waals surface area contributed by atoms with E-state index in [1.54, 1.807) is 29.2 Å². The molecule has 0 saturated carbocycles. The fourth-order valence-electron chi connectivity index (χ4n) is 2.49. The maximum Gasteiger partial charge on any atom is 0.335 e. The van der Waals surface area contributed by atoms with Crippen molar-refractivity contribution in [1.29, 1.82) is 0 Å². The van der Waals surface area contributed by atoms with E-state index >= 15 is 0 Å². The number of para-hydroxylation sites is 1. The highest BCUT2D eigenvalue weighted by Crippen LogP contribution is 2.21. The lowest BCUT2D eigenvalue weighted by Crippen LogP contribution is -2.49. The van der Waals surface area contributed by atoms with E-state index in [0.717, 1.165) is 30.8 Å². The maximum absolute atomic E-state index is 12.7. The second-order valence-corrected chi connectivity index (χ2v) is 5.55. The van der Waals surface area contributed by atoms with E-state index < -0.39 is 5.97 Å². The first-order valence-corrected chi connectivity index (χ1v) is 7.59. The van der Waals surface area contributed by atoms with E-state index in [1.165, 1.54) is 0 Å². The Balaban J connectivity index is 1.83. The number of urea groups is 1. The molecule has 0 atom stereocenters. The predicted molar refractivity (Wildman–Crippen MR) is 87.6 cm³/mol. The van der Waals surface area contributed by atoms with Crippen LogP contribution in [0.25, 0.3) is 0 Å². The number of likely N-dealkylation sites (tertiary alicyclic amines) is 1. The number of carbonyl (C=O) groups is 2. The minimum absolute atomic E-state index is 0.00948. The van der Waals surface area contributed by atoms with Gasteiger partial charge in [0.1, 0.15) is 0 Å². The molecule has 2 aromatic rings. The molecule has 1 fully saturated rings. The predicted octanol–water partition coefficient (Wildman–Crippen LogP) is 3.22. The summed E-state index contributed by atoms with van der Waals surface area (Å²) in [5.74, 6) is -0.951. The summed E-state index contributed by atoms with van der Waals surface area (Å²) in [6.07, 6.45) is 1.04. The van der Waals surface area contributed by atoms with Crippen LogP contribution in [-0.4, -0.2) is 35.1 Å². The first-order chi connectivity index (χ1) is 11.1. The number of aromatic carboxylic acids is 1. The summed E-state index contributed by atoms with van der Waals surface area (Å²) in [6, 6.07) is 16.2. The van der Waals surface area contributed by atoms with Crippen LogP contribution in [0.5, 0.6) is 0 Å². The number of amides is 2. The largest absolute Gasteiger partial charge is 0.478 e. The highest BCUT2D eigenvalue weighted by atomic mass is 16.4. The molecule has 0 radical (unpaired) electrons. The average Bonchev–Trinajstić information content (AvgIpc) is 2.52. The fraction of sp³-hybridized carbons (Fsp3) is 0.222. The standard InChI is InChI=1S/C18H18N2O3/c21-17(22)15-9-7-14(8-10-15)13-20(16-5-2-1-3-6-16)18(23)19-11-4-12-19/h1-3,5-10H,4,11-13H2,(H,21,22). The molecule has 0 aliphatic carbocycles. The van der Waals surface area contributed by atoms with Crippen molar-refractivity contribution in [2.75, 3.05) is 18.0 Å². The second-order valence-electron chi connectivity index (χ2n) is 5.55. The minimum atomic E-state index is -0.951. The molecule has 5 heteroatoms. The van der Waals surface area contributed by atoms with E-state index in [4.69, 9.17) is 5.11 Å². The zero-order chi connectivity index (χ0) is 16.2. The van der Waals surface area contributed by atoms with Gasteiger partial charge in [-0.15, -0.1) is 0 Å². The lowest BCUT2D eigenvalue weighted by Gasteiger charge is -2.36. The first-order valence-electron chi connectivity index (χ1n) is 7.59. The van der Waals surface area contributed by atoms with Crippen molar-refractivity contribution in [3.63, 3.8) is 0 Å². The normalized spacial score (nSPS) is 13.3. The van der Waals surface area contributed by atoms with Crippen molar-refractivity contribution in [2.24, 2.45) is 0 Å². The number of benzene rings is 2. The highest BCUT2D eigenvalue weighted by molar-refractivity contribution is 5.92. The van der Waals surface area contributed by atoms with Crippen LogP contribution in [0, 0.1) is 0 Å². The van der Waals surface area contributed by atoms with Gasteiger partial charge >= 0.3 is 12.0 Å². The number of carboxylic acid groups (broad SMARTS) is 1. The lowest BCUT2D eigenvalue weighted by molar-refractivity contribution is 0.0697. The van der Waals surface area contributed by atoms with Gasteiger partial charge in [-0.25, -0.2) is 9.59 Å². The van der Waals surface area contributed by atoms with Crippen LogP contribution < -0.4 is 4.90 Å². The van der Waals surface area contributed by atoms with Gasteiger partial charge in [-0.05, 0) is 36.2 Å². The van der Waals surface area contributed by atoms with E-state index in [9.17, 15) is 9.59 Å². The Morgan fingerprint density at radius 1 is 1.00 bits per heavy atom. The highest BCUT2D eigenvalue weighted by Gasteiger charge is 2.26. The summed E-state index contributed by atoms with van der Waals surface area (Å²) >= 11 is 0. The van der Waals surface area contributed by atoms with Gasteiger partial charge < -0.3 is 10.0 Å². The Hall–Kier alpha value is -2.82. The van der Waals surface area contributed by atoms with E-state index in [0.29, 0.717) is 6.54 Å². The van der Waals surface area contributed by atoms with Crippen molar-refractivity contribution in [3.05, 3.63) is 65.7 Å². The molecular weight excluding hydrogens is 292 g/mol. The van der Waals surface area contributed by atoms with Gasteiger partial charge in [0.15, 0.2) is 0 Å². The molecule has 118 valence electrons. The van der Waals surface area contributed by atoms with Crippen LogP contribution >= 0.6 is 0 Å². The van der Waals surface area contributed by atoms with Crippen LogP contribution in [-0.2, 0) is 6.54 Å². The molecule has 1 saturated heterocycles. The Labute approximate surface area is 134 Å². The van der Waals surface area contributed by atoms with Gasteiger partial charge in [-0.2, -0.15) is 0 Å². The van der Waals surface area contributed by atoms with Crippen molar-refractivity contribution in [3.8, 4) is 0 Å². The summed E-state index contributed by atoms with van der Waals surface area (Å²) in [4.78, 5) is 27.1. The summed E-state index contributed by atoms with van der Waals surface area (Å²) in [6.45, 7) is 2.00. The Morgan fingerprint density at radius 3 is 2.17 bits per heavy atom. The van der Waals surface area contributed by atoms with E-state index in [2.05, 4.69) is 0 Å². The quantitative estimate of drug-likeness (QED) is 0.943. The topological polar surface area (TPSA) is 60.9 Å². The fourth-order valence-corrected chi connectivity index (χ4v) is 2.49. The number of carboxylic acids is 1. The molecule has 5 nitrogen and oxygen atoms in total. The van der Waals surface area contributed by atoms with Crippen molar-refractivity contribution < 1.29 is 14.7 Å². The zero-order valence-corrected chi connectivity index (χ0v) is 12.7. The smallest absolute Gasteiger partial charge is 0.335 e. The Bertz CT molecular complexity index is 694. The number of hydrogen-bond donors (Lipinski definition) is 1. The van der Waals surface area contributed by atoms with Crippen LogP contribution in [0.1, 0.15) is 22.3 Å². The molecular formula is C18H18N2O3. The third-order valence-corrected chi connectivity index (χ3v) is 3.97. The van der Waals surface area contributed by atoms with Gasteiger partial charge in [0.05, 0.1) is 12.1 Å². The summed E-state index contributed by atoms with van der Waals surface area (Å²) in [5.41, 5.74) is 1.98. The van der Waals surface area contributed by atoms with Gasteiger partial charge in [-0.1, -0.05) is 30.3 Å². The van der Waals surface area contributed by atoms with Crippen molar-refractivity contribution in [1.82, 2.24) is 4.90 Å². The Kier molecular flexibility index (Phi) is 4.28. The molecule has 1 aliphatic rings. The Morgan fingerprint density at radius 2 is 1.65 bits per heavy atom. The molecule has 0 bridgehead atoms. The molecule has 3 rings (SSSR count). The van der Waals surface area contributed by atoms with Crippen LogP contribution in [0.2, 0.25) is 0 Å². The monoisotopic (exact) mass is 310 g/mol. The zero-order valence-electron chi connectivity index (χ0n) is 12.7. The third kappa shape index (κ3) is 3.34. The maximum atomic E-state index is 12.7. The molecule has 0 unspecified atom stereocenters. The van der Waals surface area contributed by atoms with Gasteiger partial charge in [0.25, 0.3) is 0 Å². The van der Waals surface area contributed by atoms with Crippen LogP contribution in [0.15, 0.2) is 54.6 Å². The van der Waals surface area contributed by atoms with Crippen LogP contribution in [0.3, 0.4) is 0 Å². The summed E-state index contributed by atoms with van der Waals surface area (Å²) in [5, 5.41) is 8.96. The number of anilines is 1. The third-order valence-electron chi connectivity index (χ3n) is 3.97. The summed E-state index contributed by atoms with van der Waals surface area (Å²) < 4.78 is 0. The molecule has 2 amide bonds. The molecule has 0 spiro atoms. The molecule has 23 heavy (non-hydrogen) atoms. The molecule has 0 aromatic heterocycles. The van der Waals surface area contributed by atoms with Gasteiger partial charge in [0.2, 0.25) is 0 Å². The minimum Gasteiger partial charge on any atom is -0.478 e. The summed E-state index contributed by atoms with van der Waals surface area (Å²) in [7, 11) is 0. The number of hydrogen-bond acceptors (Lipinski definition) is 2. The number of nitrogens with zero attached hydrogens (tertiary/aromatic N) is 2. The molecule has 2 aromatic carbocycles. The van der Waals surface area contributed by atoms with E-state index in [-0.39, 0.29) is 11.6 Å². The van der Waals surface area contributed by atoms with Crippen LogP contribution in [0.4, 0.5) is 10.5 Å². The van der Waals surface area contributed by atoms with Crippen molar-refractivity contribution in [2.45, 2.75) is 13.0 Å². The van der Waals surface area contributed by atoms with Gasteiger partial charge in [-0.3, -0.25) is 4.90 Å². The molecule has 1 heterocycles. The molecule has 1 aliphatic heterocycles. The first kappa shape index (κ1) is 15.1.